The van der Waals surface area contributed by atoms with E-state index in [2.05, 4.69) is 20.9 Å². The lowest BCUT2D eigenvalue weighted by Crippen LogP contribution is -2.35. The number of amides is 3. The van der Waals surface area contributed by atoms with Crippen molar-refractivity contribution >= 4 is 34.2 Å². The van der Waals surface area contributed by atoms with Gasteiger partial charge in [-0.2, -0.15) is 0 Å². The van der Waals surface area contributed by atoms with Gasteiger partial charge in [-0.05, 0) is 50.3 Å². The van der Waals surface area contributed by atoms with E-state index in [0.29, 0.717) is 22.7 Å². The molecule has 0 saturated heterocycles. The molecule has 0 unspecified atom stereocenters. The summed E-state index contributed by atoms with van der Waals surface area (Å²) in [6.07, 6.45) is 6.40. The molecule has 9 heteroatoms. The van der Waals surface area contributed by atoms with Crippen LogP contribution in [0.15, 0.2) is 24.5 Å². The van der Waals surface area contributed by atoms with E-state index in [1.807, 2.05) is 0 Å². The van der Waals surface area contributed by atoms with Crippen LogP contribution >= 0.6 is 11.3 Å². The van der Waals surface area contributed by atoms with Crippen molar-refractivity contribution in [3.05, 3.63) is 46.1 Å². The molecular formula is C20H24N4O4S. The number of pyridine rings is 1. The first kappa shape index (κ1) is 20.8. The van der Waals surface area contributed by atoms with Gasteiger partial charge >= 0.3 is 6.09 Å². The molecule has 0 fully saturated rings. The lowest BCUT2D eigenvalue weighted by molar-refractivity contribution is 0.0952. The van der Waals surface area contributed by atoms with Crippen molar-refractivity contribution in [1.29, 1.82) is 0 Å². The molecule has 0 aromatic carbocycles. The molecule has 3 amide bonds. The predicted octanol–water partition coefficient (Wildman–Crippen LogP) is 2.75. The second-order valence-corrected chi connectivity index (χ2v) is 7.62. The maximum atomic E-state index is 12.9. The molecule has 0 spiro atoms. The molecule has 2 aromatic heterocycles. The normalized spacial score (nSPS) is 12.6. The minimum Gasteiger partial charge on any atom is -0.450 e. The fourth-order valence-corrected chi connectivity index (χ4v) is 4.46. The highest BCUT2D eigenvalue weighted by Gasteiger charge is 2.26. The highest BCUT2D eigenvalue weighted by molar-refractivity contribution is 7.17. The monoisotopic (exact) mass is 416 g/mol. The Kier molecular flexibility index (Phi) is 7.18. The summed E-state index contributed by atoms with van der Waals surface area (Å²) in [5, 5.41) is 8.82. The molecule has 8 nitrogen and oxygen atoms in total. The number of nitrogens with one attached hydrogen (secondary N) is 3. The van der Waals surface area contributed by atoms with Crippen molar-refractivity contribution in [2.45, 2.75) is 32.6 Å². The Hall–Kier alpha value is -2.94. The van der Waals surface area contributed by atoms with E-state index in [9.17, 15) is 14.4 Å². The summed E-state index contributed by atoms with van der Waals surface area (Å²) in [5.41, 5.74) is 1.97. The van der Waals surface area contributed by atoms with E-state index in [1.54, 1.807) is 25.3 Å². The number of rotatable bonds is 7. The Morgan fingerprint density at radius 2 is 1.93 bits per heavy atom. The fraction of sp³-hybridized carbons (Fsp3) is 0.400. The number of hydrogen-bond donors (Lipinski definition) is 3. The summed E-state index contributed by atoms with van der Waals surface area (Å²) in [5.74, 6) is -0.550. The summed E-state index contributed by atoms with van der Waals surface area (Å²) in [7, 11) is 0. The standard InChI is InChI=1S/C20H24N4O4S/c1-2-28-20(27)23-11-10-22-18(26)16-14-7-3-4-8-15(14)29-19(16)24-17(25)13-6-5-9-21-12-13/h5-6,9,12H,2-4,7-8,10-11H2,1H3,(H,22,26)(H,23,27)(H,24,25). The van der Waals surface area contributed by atoms with Crippen LogP contribution in [-0.4, -0.2) is 42.6 Å². The lowest BCUT2D eigenvalue weighted by Gasteiger charge is -2.13. The van der Waals surface area contributed by atoms with Crippen molar-refractivity contribution in [3.63, 3.8) is 0 Å². The Labute approximate surface area is 173 Å². The fourth-order valence-electron chi connectivity index (χ4n) is 3.18. The Morgan fingerprint density at radius 3 is 2.69 bits per heavy atom. The lowest BCUT2D eigenvalue weighted by atomic mass is 9.95. The summed E-state index contributed by atoms with van der Waals surface area (Å²) in [6, 6.07) is 3.37. The van der Waals surface area contributed by atoms with Crippen LogP contribution in [0.25, 0.3) is 0 Å². The number of carbonyl (C=O) groups is 3. The number of aromatic nitrogens is 1. The third-order valence-electron chi connectivity index (χ3n) is 4.50. The van der Waals surface area contributed by atoms with Crippen molar-refractivity contribution < 1.29 is 19.1 Å². The van der Waals surface area contributed by atoms with Crippen LogP contribution in [0.3, 0.4) is 0 Å². The van der Waals surface area contributed by atoms with Crippen LogP contribution in [0.4, 0.5) is 9.80 Å². The summed E-state index contributed by atoms with van der Waals surface area (Å²) in [6.45, 7) is 2.54. The summed E-state index contributed by atoms with van der Waals surface area (Å²) in [4.78, 5) is 41.9. The third kappa shape index (κ3) is 5.32. The number of thiophene rings is 1. The van der Waals surface area contributed by atoms with Gasteiger partial charge in [-0.1, -0.05) is 0 Å². The SMILES string of the molecule is CCOC(=O)NCCNC(=O)c1c(NC(=O)c2cccnc2)sc2c1CCCC2. The van der Waals surface area contributed by atoms with Gasteiger partial charge in [0.15, 0.2) is 0 Å². The number of ether oxygens (including phenoxy) is 1. The maximum Gasteiger partial charge on any atom is 0.407 e. The third-order valence-corrected chi connectivity index (χ3v) is 5.71. The van der Waals surface area contributed by atoms with Crippen molar-refractivity contribution in [2.75, 3.05) is 25.0 Å². The molecule has 0 bridgehead atoms. The first-order chi connectivity index (χ1) is 14.1. The summed E-state index contributed by atoms with van der Waals surface area (Å²) >= 11 is 1.46. The molecule has 0 saturated carbocycles. The van der Waals surface area contributed by atoms with E-state index < -0.39 is 6.09 Å². The number of aryl methyl sites for hydroxylation is 1. The van der Waals surface area contributed by atoms with E-state index in [0.717, 1.165) is 36.1 Å². The molecule has 1 aliphatic rings. The Balaban J connectivity index is 1.71. The van der Waals surface area contributed by atoms with Gasteiger partial charge in [-0.15, -0.1) is 11.3 Å². The number of alkyl carbamates (subject to hydrolysis) is 1. The second-order valence-electron chi connectivity index (χ2n) is 6.51. The van der Waals surface area contributed by atoms with Crippen LogP contribution in [0.1, 0.15) is 50.9 Å². The molecule has 154 valence electrons. The van der Waals surface area contributed by atoms with Gasteiger partial charge in [-0.25, -0.2) is 4.79 Å². The van der Waals surface area contributed by atoms with Gasteiger partial charge in [0.2, 0.25) is 0 Å². The largest absolute Gasteiger partial charge is 0.450 e. The average molecular weight is 417 g/mol. The van der Waals surface area contributed by atoms with Crippen LogP contribution in [0.5, 0.6) is 0 Å². The van der Waals surface area contributed by atoms with Gasteiger partial charge in [0.05, 0.1) is 17.7 Å². The van der Waals surface area contributed by atoms with Crippen LogP contribution < -0.4 is 16.0 Å². The van der Waals surface area contributed by atoms with Crippen molar-refractivity contribution in [2.24, 2.45) is 0 Å². The molecule has 3 rings (SSSR count). The highest BCUT2D eigenvalue weighted by Crippen LogP contribution is 2.38. The first-order valence-corrected chi connectivity index (χ1v) is 10.5. The molecule has 2 heterocycles. The number of anilines is 1. The van der Waals surface area contributed by atoms with E-state index in [-0.39, 0.29) is 24.9 Å². The van der Waals surface area contributed by atoms with Crippen molar-refractivity contribution in [3.8, 4) is 0 Å². The zero-order valence-corrected chi connectivity index (χ0v) is 17.1. The molecule has 2 aromatic rings. The topological polar surface area (TPSA) is 109 Å². The number of nitrogens with zero attached hydrogens (tertiary/aromatic N) is 1. The highest BCUT2D eigenvalue weighted by atomic mass is 32.1. The number of carbonyl (C=O) groups excluding carboxylic acids is 3. The molecule has 3 N–H and O–H groups in total. The number of fused-ring (bicyclic) bond motifs is 1. The van der Waals surface area contributed by atoms with Crippen LogP contribution in [0.2, 0.25) is 0 Å². The maximum absolute atomic E-state index is 12.9. The van der Waals surface area contributed by atoms with E-state index in [1.165, 1.54) is 17.5 Å². The van der Waals surface area contributed by atoms with E-state index in [4.69, 9.17) is 4.74 Å². The summed E-state index contributed by atoms with van der Waals surface area (Å²) < 4.78 is 4.79. The van der Waals surface area contributed by atoms with Gasteiger partial charge in [-0.3, -0.25) is 14.6 Å². The van der Waals surface area contributed by atoms with Gasteiger partial charge in [0.1, 0.15) is 5.00 Å². The molecule has 0 atom stereocenters. The molecular weight excluding hydrogens is 392 g/mol. The molecule has 29 heavy (non-hydrogen) atoms. The zero-order valence-electron chi connectivity index (χ0n) is 16.2. The van der Waals surface area contributed by atoms with E-state index >= 15 is 0 Å². The van der Waals surface area contributed by atoms with Gasteiger partial charge in [0.25, 0.3) is 11.8 Å². The number of hydrogen-bond acceptors (Lipinski definition) is 6. The molecule has 0 aliphatic heterocycles. The van der Waals surface area contributed by atoms with Crippen LogP contribution in [0, 0.1) is 0 Å². The van der Waals surface area contributed by atoms with Gasteiger partial charge < -0.3 is 20.7 Å². The minimum absolute atomic E-state index is 0.253. The minimum atomic E-state index is -0.515. The first-order valence-electron chi connectivity index (χ1n) is 9.65. The van der Waals surface area contributed by atoms with Crippen molar-refractivity contribution in [1.82, 2.24) is 15.6 Å². The Bertz CT molecular complexity index is 882. The predicted molar refractivity (Wildman–Crippen MR) is 111 cm³/mol. The second kappa shape index (κ2) is 10.0. The average Bonchev–Trinajstić information content (AvgIpc) is 3.09. The van der Waals surface area contributed by atoms with Gasteiger partial charge in [0, 0.05) is 30.4 Å². The van der Waals surface area contributed by atoms with Crippen LogP contribution in [-0.2, 0) is 17.6 Å². The Morgan fingerprint density at radius 1 is 1.14 bits per heavy atom. The molecule has 0 radical (unpaired) electrons. The zero-order chi connectivity index (χ0) is 20.6. The molecule has 1 aliphatic carbocycles. The quantitative estimate of drug-likeness (QED) is 0.601. The smallest absolute Gasteiger partial charge is 0.407 e.